The number of nitriles is 1. The Labute approximate surface area is 174 Å². The summed E-state index contributed by atoms with van der Waals surface area (Å²) in [5.41, 5.74) is 2.40. The Kier molecular flexibility index (Phi) is 5.79. The van der Waals surface area contributed by atoms with Gasteiger partial charge in [0.05, 0.1) is 25.4 Å². The summed E-state index contributed by atoms with van der Waals surface area (Å²) < 4.78 is 10.7. The van der Waals surface area contributed by atoms with Crippen molar-refractivity contribution in [3.8, 4) is 6.07 Å². The van der Waals surface area contributed by atoms with E-state index >= 15 is 0 Å². The fourth-order valence-corrected chi connectivity index (χ4v) is 4.85. The van der Waals surface area contributed by atoms with Crippen molar-refractivity contribution in [1.82, 2.24) is 0 Å². The maximum atomic E-state index is 12.7. The van der Waals surface area contributed by atoms with Crippen LogP contribution in [0.5, 0.6) is 0 Å². The highest BCUT2D eigenvalue weighted by Crippen LogP contribution is 2.38. The van der Waals surface area contributed by atoms with E-state index in [4.69, 9.17) is 9.47 Å². The van der Waals surface area contributed by atoms with Crippen LogP contribution in [0.15, 0.2) is 42.5 Å². The van der Waals surface area contributed by atoms with Crippen molar-refractivity contribution in [1.29, 1.82) is 5.26 Å². The minimum absolute atomic E-state index is 0.306. The number of carbonyl (C=O) groups is 1. The molecule has 0 aliphatic carbocycles. The van der Waals surface area contributed by atoms with Gasteiger partial charge in [0.15, 0.2) is 0 Å². The molecule has 0 atom stereocenters. The summed E-state index contributed by atoms with van der Waals surface area (Å²) in [6, 6.07) is 16.8. The van der Waals surface area contributed by atoms with Gasteiger partial charge in [-0.3, -0.25) is 0 Å². The van der Waals surface area contributed by atoms with Crippen LogP contribution in [-0.4, -0.2) is 38.9 Å². The summed E-state index contributed by atoms with van der Waals surface area (Å²) in [6.07, 6.45) is 0.517. The van der Waals surface area contributed by atoms with Crippen LogP contribution in [0.1, 0.15) is 33.3 Å². The summed E-state index contributed by atoms with van der Waals surface area (Å²) >= 11 is 1.36. The molecule has 1 aliphatic rings. The molecule has 0 amide bonds. The first-order chi connectivity index (χ1) is 14.2. The number of ether oxygens (including phenoxy) is 2. The first-order valence-corrected chi connectivity index (χ1v) is 10.6. The number of hydrogen-bond acceptors (Lipinski definition) is 6. The molecule has 2 heterocycles. The number of anilines is 1. The third-order valence-electron chi connectivity index (χ3n) is 5.05. The quantitative estimate of drug-likeness (QED) is 0.589. The highest BCUT2D eigenvalue weighted by atomic mass is 32.1. The molecule has 29 heavy (non-hydrogen) atoms. The van der Waals surface area contributed by atoms with Crippen molar-refractivity contribution >= 4 is 33.1 Å². The third-order valence-corrected chi connectivity index (χ3v) is 6.33. The molecule has 0 spiro atoms. The second kappa shape index (κ2) is 8.64. The molecule has 0 unspecified atom stereocenters. The Balaban J connectivity index is 1.77. The Hall–Kier alpha value is -2.88. The van der Waals surface area contributed by atoms with Gasteiger partial charge < -0.3 is 14.4 Å². The Morgan fingerprint density at radius 3 is 2.69 bits per heavy atom. The highest BCUT2D eigenvalue weighted by molar-refractivity contribution is 7.18. The maximum Gasteiger partial charge on any atom is 0.348 e. The van der Waals surface area contributed by atoms with Crippen molar-refractivity contribution in [3.05, 3.63) is 64.0 Å². The lowest BCUT2D eigenvalue weighted by molar-refractivity contribution is 0.0531. The second-order valence-electron chi connectivity index (χ2n) is 6.88. The minimum atomic E-state index is -0.357. The normalized spacial score (nSPS) is 14.0. The number of hydrogen-bond donors (Lipinski definition) is 0. The Morgan fingerprint density at radius 1 is 1.21 bits per heavy atom. The predicted octanol–water partition coefficient (Wildman–Crippen LogP) is 4.38. The van der Waals surface area contributed by atoms with E-state index in [1.165, 1.54) is 16.7 Å². The molecule has 0 saturated carbocycles. The minimum Gasteiger partial charge on any atom is -0.462 e. The number of rotatable bonds is 5. The van der Waals surface area contributed by atoms with Gasteiger partial charge >= 0.3 is 5.97 Å². The van der Waals surface area contributed by atoms with Crippen LogP contribution in [0, 0.1) is 11.3 Å². The van der Waals surface area contributed by atoms with Gasteiger partial charge in [-0.2, -0.15) is 5.26 Å². The lowest BCUT2D eigenvalue weighted by Crippen LogP contribution is -2.36. The van der Waals surface area contributed by atoms with Crippen LogP contribution < -0.4 is 4.90 Å². The molecule has 3 aromatic rings. The van der Waals surface area contributed by atoms with E-state index in [-0.39, 0.29) is 5.97 Å². The predicted molar refractivity (Wildman–Crippen MR) is 115 cm³/mol. The molecule has 1 aliphatic heterocycles. The lowest BCUT2D eigenvalue weighted by Gasteiger charge is -2.27. The van der Waals surface area contributed by atoms with Crippen LogP contribution >= 0.6 is 11.3 Å². The van der Waals surface area contributed by atoms with E-state index in [9.17, 15) is 10.1 Å². The Morgan fingerprint density at radius 2 is 1.97 bits per heavy atom. The molecule has 1 saturated heterocycles. The SMILES string of the molecule is CCOC(=O)c1sc(N2CCOCC2)c(C#N)c1Cc1ccc2ccccc2c1. The van der Waals surface area contributed by atoms with Gasteiger partial charge in [0.1, 0.15) is 15.9 Å². The number of carbonyl (C=O) groups excluding carboxylic acids is 1. The molecule has 5 nitrogen and oxygen atoms in total. The number of benzene rings is 2. The largest absolute Gasteiger partial charge is 0.462 e. The summed E-state index contributed by atoms with van der Waals surface area (Å²) in [4.78, 5) is 15.3. The van der Waals surface area contributed by atoms with Crippen molar-refractivity contribution in [3.63, 3.8) is 0 Å². The van der Waals surface area contributed by atoms with E-state index in [2.05, 4.69) is 41.3 Å². The van der Waals surface area contributed by atoms with Crippen molar-refractivity contribution < 1.29 is 14.3 Å². The van der Waals surface area contributed by atoms with Gasteiger partial charge in [0, 0.05) is 25.1 Å². The zero-order chi connectivity index (χ0) is 20.2. The molecular weight excluding hydrogens is 384 g/mol. The molecule has 1 aromatic heterocycles. The maximum absolute atomic E-state index is 12.7. The first kappa shape index (κ1) is 19.4. The molecule has 0 radical (unpaired) electrons. The van der Waals surface area contributed by atoms with Crippen molar-refractivity contribution in [2.24, 2.45) is 0 Å². The van der Waals surface area contributed by atoms with E-state index in [0.717, 1.165) is 21.5 Å². The molecule has 4 rings (SSSR count). The van der Waals surface area contributed by atoms with E-state index < -0.39 is 0 Å². The zero-order valence-electron chi connectivity index (χ0n) is 16.3. The van der Waals surface area contributed by atoms with Gasteiger partial charge in [-0.05, 0) is 23.3 Å². The van der Waals surface area contributed by atoms with Gasteiger partial charge in [-0.25, -0.2) is 4.79 Å². The topological polar surface area (TPSA) is 62.6 Å². The molecule has 0 N–H and O–H groups in total. The first-order valence-electron chi connectivity index (χ1n) is 9.74. The second-order valence-corrected chi connectivity index (χ2v) is 7.88. The number of morpholine rings is 1. The summed E-state index contributed by atoms with van der Waals surface area (Å²) in [6.45, 7) is 4.78. The Bertz CT molecular complexity index is 1080. The van der Waals surface area contributed by atoms with Crippen molar-refractivity contribution in [2.45, 2.75) is 13.3 Å². The highest BCUT2D eigenvalue weighted by Gasteiger charge is 2.27. The van der Waals surface area contributed by atoms with Gasteiger partial charge in [-0.1, -0.05) is 42.5 Å². The number of nitrogens with zero attached hydrogens (tertiary/aromatic N) is 2. The summed E-state index contributed by atoms with van der Waals surface area (Å²) in [7, 11) is 0. The lowest BCUT2D eigenvalue weighted by atomic mass is 9.98. The molecule has 2 aromatic carbocycles. The monoisotopic (exact) mass is 406 g/mol. The van der Waals surface area contributed by atoms with E-state index in [1.807, 2.05) is 12.1 Å². The zero-order valence-corrected chi connectivity index (χ0v) is 17.1. The fourth-order valence-electron chi connectivity index (χ4n) is 3.64. The fraction of sp³-hybridized carbons (Fsp3) is 0.304. The van der Waals surface area contributed by atoms with Crippen LogP contribution in [0.25, 0.3) is 10.8 Å². The number of fused-ring (bicyclic) bond motifs is 1. The van der Waals surface area contributed by atoms with Crippen LogP contribution in [-0.2, 0) is 15.9 Å². The van der Waals surface area contributed by atoms with E-state index in [0.29, 0.717) is 49.8 Å². The summed E-state index contributed by atoms with van der Waals surface area (Å²) in [5.74, 6) is -0.357. The third kappa shape index (κ3) is 3.98. The van der Waals surface area contributed by atoms with Gasteiger partial charge in [0.25, 0.3) is 0 Å². The number of thiophene rings is 1. The molecule has 1 fully saturated rings. The average Bonchev–Trinajstić information content (AvgIpc) is 3.12. The molecule has 148 valence electrons. The van der Waals surface area contributed by atoms with Gasteiger partial charge in [0.2, 0.25) is 0 Å². The molecular formula is C23H22N2O3S. The van der Waals surface area contributed by atoms with Crippen molar-refractivity contribution in [2.75, 3.05) is 37.8 Å². The van der Waals surface area contributed by atoms with Crippen LogP contribution in [0.4, 0.5) is 5.00 Å². The van der Waals surface area contributed by atoms with Gasteiger partial charge in [-0.15, -0.1) is 11.3 Å². The van der Waals surface area contributed by atoms with Crippen LogP contribution in [0.2, 0.25) is 0 Å². The van der Waals surface area contributed by atoms with E-state index in [1.54, 1.807) is 6.92 Å². The number of esters is 1. The average molecular weight is 407 g/mol. The molecule has 6 heteroatoms. The van der Waals surface area contributed by atoms with Crippen LogP contribution in [0.3, 0.4) is 0 Å². The standard InChI is InChI=1S/C23H22N2O3S/c1-2-28-23(26)21-19(14-16-7-8-17-5-3-4-6-18(17)13-16)20(15-24)22(29-21)25-9-11-27-12-10-25/h3-8,13H,2,9-12,14H2,1H3. The summed E-state index contributed by atoms with van der Waals surface area (Å²) in [5, 5.41) is 13.1. The smallest absolute Gasteiger partial charge is 0.348 e. The molecule has 0 bridgehead atoms.